The van der Waals surface area contributed by atoms with Crippen molar-refractivity contribution in [1.29, 1.82) is 0 Å². The summed E-state index contributed by atoms with van der Waals surface area (Å²) in [6, 6.07) is 0. The minimum absolute atomic E-state index is 0.342. The summed E-state index contributed by atoms with van der Waals surface area (Å²) in [4.78, 5) is 0. The third kappa shape index (κ3) is 4.03. The molecule has 0 amide bonds. The molecule has 0 aromatic rings. The Morgan fingerprint density at radius 3 is 1.71 bits per heavy atom. The topological polar surface area (TPSA) is 20.2 Å². The highest BCUT2D eigenvalue weighted by molar-refractivity contribution is 4.99. The van der Waals surface area contributed by atoms with Gasteiger partial charge < -0.3 is 5.11 Å². The molecule has 2 fully saturated rings. The Labute approximate surface area is 132 Å². The molecule has 0 bridgehead atoms. The van der Waals surface area contributed by atoms with Crippen LogP contribution in [-0.2, 0) is 0 Å². The maximum atomic E-state index is 11.9. The zero-order valence-electron chi connectivity index (χ0n) is 14.6. The fourth-order valence-electron chi connectivity index (χ4n) is 5.34. The number of hydrogen-bond donors (Lipinski definition) is 1. The van der Waals surface area contributed by atoms with Crippen molar-refractivity contribution in [2.24, 2.45) is 17.8 Å². The zero-order chi connectivity index (χ0) is 15.1. The number of hydrogen-bond acceptors (Lipinski definition) is 1. The Kier molecular flexibility index (Phi) is 7.05. The molecule has 2 aliphatic carbocycles. The minimum Gasteiger partial charge on any atom is -0.389 e. The predicted octanol–water partition coefficient (Wildman–Crippen LogP) is 6.09. The largest absolute Gasteiger partial charge is 0.389 e. The summed E-state index contributed by atoms with van der Waals surface area (Å²) in [5.41, 5.74) is -0.342. The summed E-state index contributed by atoms with van der Waals surface area (Å²) in [5.74, 6) is 1.73. The van der Waals surface area contributed by atoms with Crippen LogP contribution in [-0.4, -0.2) is 10.7 Å². The third-order valence-electron chi connectivity index (χ3n) is 6.57. The average molecular weight is 295 g/mol. The number of unbranched alkanes of at least 4 members (excludes halogenated alkanes) is 1. The van der Waals surface area contributed by atoms with Gasteiger partial charge >= 0.3 is 0 Å². The van der Waals surface area contributed by atoms with Crippen LogP contribution >= 0.6 is 0 Å². The van der Waals surface area contributed by atoms with E-state index in [-0.39, 0.29) is 5.60 Å². The SMILES string of the molecule is CCCCC(CC)C(O)(C1CCCCC1)C1CCCCC1. The molecule has 0 spiro atoms. The van der Waals surface area contributed by atoms with E-state index in [9.17, 15) is 5.11 Å². The molecule has 1 heteroatoms. The number of rotatable bonds is 7. The van der Waals surface area contributed by atoms with Crippen molar-refractivity contribution >= 4 is 0 Å². The smallest absolute Gasteiger partial charge is 0.0731 e. The molecular weight excluding hydrogens is 256 g/mol. The molecule has 124 valence electrons. The van der Waals surface area contributed by atoms with E-state index in [4.69, 9.17) is 0 Å². The van der Waals surface area contributed by atoms with Crippen LogP contribution in [0.1, 0.15) is 104 Å². The first-order valence-corrected chi connectivity index (χ1v) is 9.95. The van der Waals surface area contributed by atoms with Crippen molar-refractivity contribution in [3.63, 3.8) is 0 Å². The third-order valence-corrected chi connectivity index (χ3v) is 6.57. The molecule has 1 atom stereocenters. The summed E-state index contributed by atoms with van der Waals surface area (Å²) in [5, 5.41) is 11.9. The molecule has 0 heterocycles. The molecule has 0 radical (unpaired) electrons. The molecule has 2 aliphatic rings. The highest BCUT2D eigenvalue weighted by Crippen LogP contribution is 2.48. The molecule has 1 nitrogen and oxygen atoms in total. The average Bonchev–Trinajstić information content (AvgIpc) is 2.57. The van der Waals surface area contributed by atoms with Gasteiger partial charge in [-0.05, 0) is 49.9 Å². The summed E-state index contributed by atoms with van der Waals surface area (Å²) in [6.45, 7) is 4.60. The molecule has 1 unspecified atom stereocenters. The van der Waals surface area contributed by atoms with E-state index in [1.54, 1.807) is 0 Å². The molecule has 2 saturated carbocycles. The number of aliphatic hydroxyl groups is 1. The standard InChI is InChI=1S/C20H38O/c1-3-5-12-17(4-2)20(21,18-13-8-6-9-14-18)19-15-10-7-11-16-19/h17-19,21H,3-16H2,1-2H3. The van der Waals surface area contributed by atoms with Crippen LogP contribution in [0.15, 0.2) is 0 Å². The highest BCUT2D eigenvalue weighted by Gasteiger charge is 2.48. The lowest BCUT2D eigenvalue weighted by Crippen LogP contribution is -2.52. The van der Waals surface area contributed by atoms with Crippen molar-refractivity contribution in [2.75, 3.05) is 0 Å². The molecule has 21 heavy (non-hydrogen) atoms. The Hall–Kier alpha value is -0.0400. The van der Waals surface area contributed by atoms with E-state index in [2.05, 4.69) is 13.8 Å². The molecule has 2 rings (SSSR count). The highest BCUT2D eigenvalue weighted by atomic mass is 16.3. The van der Waals surface area contributed by atoms with Crippen LogP contribution in [0, 0.1) is 17.8 Å². The predicted molar refractivity (Wildman–Crippen MR) is 91.4 cm³/mol. The first-order chi connectivity index (χ1) is 10.2. The quantitative estimate of drug-likeness (QED) is 0.602. The molecular formula is C20H38O. The van der Waals surface area contributed by atoms with Gasteiger partial charge in [0.25, 0.3) is 0 Å². The Balaban J connectivity index is 2.17. The van der Waals surface area contributed by atoms with Gasteiger partial charge in [0.2, 0.25) is 0 Å². The first kappa shape index (κ1) is 17.3. The Morgan fingerprint density at radius 2 is 1.33 bits per heavy atom. The van der Waals surface area contributed by atoms with E-state index in [1.165, 1.54) is 89.9 Å². The Morgan fingerprint density at radius 1 is 0.857 bits per heavy atom. The van der Waals surface area contributed by atoms with E-state index in [0.29, 0.717) is 17.8 Å². The van der Waals surface area contributed by atoms with Crippen molar-refractivity contribution in [3.8, 4) is 0 Å². The van der Waals surface area contributed by atoms with Crippen LogP contribution in [0.5, 0.6) is 0 Å². The summed E-state index contributed by atoms with van der Waals surface area (Å²) >= 11 is 0. The lowest BCUT2D eigenvalue weighted by Gasteiger charge is -2.50. The van der Waals surface area contributed by atoms with Crippen LogP contribution < -0.4 is 0 Å². The van der Waals surface area contributed by atoms with E-state index in [0.717, 1.165) is 0 Å². The van der Waals surface area contributed by atoms with Gasteiger partial charge in [0.05, 0.1) is 5.60 Å². The van der Waals surface area contributed by atoms with Crippen molar-refractivity contribution < 1.29 is 5.11 Å². The van der Waals surface area contributed by atoms with Gasteiger partial charge in [-0.25, -0.2) is 0 Å². The molecule has 0 aliphatic heterocycles. The molecule has 0 saturated heterocycles. The van der Waals surface area contributed by atoms with Crippen molar-refractivity contribution in [3.05, 3.63) is 0 Å². The van der Waals surface area contributed by atoms with E-state index in [1.807, 2.05) is 0 Å². The van der Waals surface area contributed by atoms with Crippen LogP contribution in [0.4, 0.5) is 0 Å². The molecule has 1 N–H and O–H groups in total. The van der Waals surface area contributed by atoms with Gasteiger partial charge in [0.15, 0.2) is 0 Å². The van der Waals surface area contributed by atoms with Crippen LogP contribution in [0.3, 0.4) is 0 Å². The Bertz CT molecular complexity index is 256. The van der Waals surface area contributed by atoms with Crippen molar-refractivity contribution in [2.45, 2.75) is 109 Å². The summed E-state index contributed by atoms with van der Waals surface area (Å²) in [7, 11) is 0. The second-order valence-electron chi connectivity index (χ2n) is 7.80. The van der Waals surface area contributed by atoms with Gasteiger partial charge in [-0.2, -0.15) is 0 Å². The second kappa shape index (κ2) is 8.56. The van der Waals surface area contributed by atoms with Crippen LogP contribution in [0.25, 0.3) is 0 Å². The first-order valence-electron chi connectivity index (χ1n) is 9.95. The summed E-state index contributed by atoms with van der Waals surface area (Å²) in [6.07, 6.45) is 18.3. The maximum Gasteiger partial charge on any atom is 0.0731 e. The van der Waals surface area contributed by atoms with Gasteiger partial charge in [-0.1, -0.05) is 71.6 Å². The fraction of sp³-hybridized carbons (Fsp3) is 1.00. The van der Waals surface area contributed by atoms with Crippen LogP contribution in [0.2, 0.25) is 0 Å². The zero-order valence-corrected chi connectivity index (χ0v) is 14.6. The van der Waals surface area contributed by atoms with E-state index < -0.39 is 0 Å². The fourth-order valence-corrected chi connectivity index (χ4v) is 5.34. The van der Waals surface area contributed by atoms with Gasteiger partial charge in [-0.3, -0.25) is 0 Å². The maximum absolute atomic E-state index is 11.9. The van der Waals surface area contributed by atoms with E-state index >= 15 is 0 Å². The lowest BCUT2D eigenvalue weighted by molar-refractivity contribution is -0.137. The van der Waals surface area contributed by atoms with Gasteiger partial charge in [0.1, 0.15) is 0 Å². The molecule has 0 aromatic heterocycles. The summed E-state index contributed by atoms with van der Waals surface area (Å²) < 4.78 is 0. The minimum atomic E-state index is -0.342. The van der Waals surface area contributed by atoms with Crippen molar-refractivity contribution in [1.82, 2.24) is 0 Å². The monoisotopic (exact) mass is 294 g/mol. The van der Waals surface area contributed by atoms with Gasteiger partial charge in [-0.15, -0.1) is 0 Å². The van der Waals surface area contributed by atoms with Gasteiger partial charge in [0, 0.05) is 0 Å². The lowest BCUT2D eigenvalue weighted by atomic mass is 9.60. The molecule has 0 aromatic carbocycles. The normalized spacial score (nSPS) is 24.1. The second-order valence-corrected chi connectivity index (χ2v) is 7.80.